The molecule has 0 aliphatic rings. The highest BCUT2D eigenvalue weighted by Gasteiger charge is 2.12. The number of nitrogens with zero attached hydrogens (tertiary/aromatic N) is 2. The van der Waals surface area contributed by atoms with E-state index in [-0.39, 0.29) is 0 Å². The zero-order chi connectivity index (χ0) is 10.1. The van der Waals surface area contributed by atoms with E-state index in [2.05, 4.69) is 9.97 Å². The molecule has 0 aliphatic carbocycles. The van der Waals surface area contributed by atoms with Gasteiger partial charge in [-0.15, -0.1) is 0 Å². The molecule has 4 heteroatoms. The first kappa shape index (κ1) is 8.74. The standard InChI is InChI=1S/C10H11N3O/c1-7-12-10(8-3-4-11-5-8)9(6-14)13(7)2/h3-6,11H,1-2H3. The van der Waals surface area contributed by atoms with Crippen LogP contribution in [0.1, 0.15) is 16.3 Å². The normalized spacial score (nSPS) is 10.4. The second kappa shape index (κ2) is 3.14. The van der Waals surface area contributed by atoms with Gasteiger partial charge in [-0.2, -0.15) is 0 Å². The fourth-order valence-corrected chi connectivity index (χ4v) is 1.45. The van der Waals surface area contributed by atoms with Gasteiger partial charge in [0.15, 0.2) is 6.29 Å². The lowest BCUT2D eigenvalue weighted by molar-refractivity contribution is 0.111. The minimum atomic E-state index is 0.613. The Kier molecular flexibility index (Phi) is 1.96. The molecule has 4 nitrogen and oxygen atoms in total. The van der Waals surface area contributed by atoms with Crippen molar-refractivity contribution in [1.29, 1.82) is 0 Å². The molecule has 2 aromatic heterocycles. The van der Waals surface area contributed by atoms with E-state index in [9.17, 15) is 4.79 Å². The molecule has 0 bridgehead atoms. The largest absolute Gasteiger partial charge is 0.367 e. The molecular formula is C10H11N3O. The number of imidazole rings is 1. The molecule has 72 valence electrons. The summed E-state index contributed by atoms with van der Waals surface area (Å²) < 4.78 is 1.79. The van der Waals surface area contributed by atoms with E-state index in [1.807, 2.05) is 32.4 Å². The number of aromatic amines is 1. The number of aromatic nitrogens is 3. The summed E-state index contributed by atoms with van der Waals surface area (Å²) >= 11 is 0. The highest BCUT2D eigenvalue weighted by atomic mass is 16.1. The minimum Gasteiger partial charge on any atom is -0.367 e. The van der Waals surface area contributed by atoms with E-state index in [1.165, 1.54) is 0 Å². The van der Waals surface area contributed by atoms with Crippen molar-refractivity contribution >= 4 is 6.29 Å². The zero-order valence-electron chi connectivity index (χ0n) is 8.11. The highest BCUT2D eigenvalue weighted by Crippen LogP contribution is 2.21. The molecule has 0 aliphatic heterocycles. The Bertz CT molecular complexity index is 454. The second-order valence-electron chi connectivity index (χ2n) is 3.17. The Balaban J connectivity index is 2.64. The van der Waals surface area contributed by atoms with E-state index in [4.69, 9.17) is 0 Å². The Morgan fingerprint density at radius 1 is 1.57 bits per heavy atom. The number of carbonyl (C=O) groups excluding carboxylic acids is 1. The number of H-pyrrole nitrogens is 1. The van der Waals surface area contributed by atoms with Crippen molar-refractivity contribution in [1.82, 2.24) is 14.5 Å². The molecule has 2 rings (SSSR count). The average molecular weight is 189 g/mol. The van der Waals surface area contributed by atoms with Gasteiger partial charge in [0.2, 0.25) is 0 Å². The van der Waals surface area contributed by atoms with Crippen LogP contribution >= 0.6 is 0 Å². The van der Waals surface area contributed by atoms with E-state index in [0.717, 1.165) is 23.4 Å². The third-order valence-electron chi connectivity index (χ3n) is 2.35. The van der Waals surface area contributed by atoms with Crippen molar-refractivity contribution in [3.63, 3.8) is 0 Å². The van der Waals surface area contributed by atoms with Crippen molar-refractivity contribution in [2.24, 2.45) is 7.05 Å². The third-order valence-corrected chi connectivity index (χ3v) is 2.35. The highest BCUT2D eigenvalue weighted by molar-refractivity contribution is 5.83. The van der Waals surface area contributed by atoms with E-state index in [1.54, 1.807) is 4.57 Å². The summed E-state index contributed by atoms with van der Waals surface area (Å²) in [6.07, 6.45) is 4.48. The van der Waals surface area contributed by atoms with Crippen LogP contribution in [0, 0.1) is 6.92 Å². The monoisotopic (exact) mass is 189 g/mol. The van der Waals surface area contributed by atoms with Gasteiger partial charge in [0.25, 0.3) is 0 Å². The fraction of sp³-hybridized carbons (Fsp3) is 0.200. The summed E-state index contributed by atoms with van der Waals surface area (Å²) in [5.74, 6) is 0.836. The zero-order valence-corrected chi connectivity index (χ0v) is 8.11. The van der Waals surface area contributed by atoms with Gasteiger partial charge < -0.3 is 9.55 Å². The molecule has 0 fully saturated rings. The first-order valence-electron chi connectivity index (χ1n) is 4.35. The number of nitrogens with one attached hydrogen (secondary N) is 1. The Hall–Kier alpha value is -1.84. The first-order chi connectivity index (χ1) is 6.74. The molecule has 0 radical (unpaired) electrons. The van der Waals surface area contributed by atoms with Gasteiger partial charge in [0, 0.05) is 25.0 Å². The summed E-state index contributed by atoms with van der Waals surface area (Å²) in [4.78, 5) is 18.2. The molecule has 0 amide bonds. The average Bonchev–Trinajstić information content (AvgIpc) is 2.76. The van der Waals surface area contributed by atoms with Gasteiger partial charge in [-0.05, 0) is 13.0 Å². The lowest BCUT2D eigenvalue weighted by atomic mass is 10.2. The van der Waals surface area contributed by atoms with Crippen LogP contribution in [0.4, 0.5) is 0 Å². The van der Waals surface area contributed by atoms with Crippen molar-refractivity contribution in [3.05, 3.63) is 30.0 Å². The first-order valence-corrected chi connectivity index (χ1v) is 4.35. The van der Waals surface area contributed by atoms with Gasteiger partial charge in [0.05, 0.1) is 0 Å². The van der Waals surface area contributed by atoms with Crippen molar-refractivity contribution < 1.29 is 4.79 Å². The smallest absolute Gasteiger partial charge is 0.168 e. The molecule has 0 saturated heterocycles. The van der Waals surface area contributed by atoms with E-state index >= 15 is 0 Å². The number of hydrogen-bond donors (Lipinski definition) is 1. The van der Waals surface area contributed by atoms with Gasteiger partial charge in [-0.3, -0.25) is 4.79 Å². The number of carbonyl (C=O) groups is 1. The number of aryl methyl sites for hydroxylation is 1. The van der Waals surface area contributed by atoms with Gasteiger partial charge in [-0.1, -0.05) is 0 Å². The fourth-order valence-electron chi connectivity index (χ4n) is 1.45. The predicted octanol–water partition coefficient (Wildman–Crippen LogP) is 1.54. The molecule has 1 N–H and O–H groups in total. The Morgan fingerprint density at radius 3 is 2.93 bits per heavy atom. The van der Waals surface area contributed by atoms with Crippen LogP contribution in [-0.4, -0.2) is 20.8 Å². The summed E-state index contributed by atoms with van der Waals surface area (Å²) in [6.45, 7) is 1.88. The Labute approximate surface area is 81.6 Å². The topological polar surface area (TPSA) is 50.7 Å². The van der Waals surface area contributed by atoms with Gasteiger partial charge in [-0.25, -0.2) is 4.98 Å². The van der Waals surface area contributed by atoms with E-state index < -0.39 is 0 Å². The van der Waals surface area contributed by atoms with Crippen LogP contribution in [0.15, 0.2) is 18.5 Å². The molecule has 2 aromatic rings. The summed E-state index contributed by atoms with van der Waals surface area (Å²) in [7, 11) is 1.84. The molecule has 0 unspecified atom stereocenters. The predicted molar refractivity (Wildman–Crippen MR) is 53.1 cm³/mol. The van der Waals surface area contributed by atoms with Crippen molar-refractivity contribution in [2.75, 3.05) is 0 Å². The maximum atomic E-state index is 10.9. The third kappa shape index (κ3) is 1.16. The van der Waals surface area contributed by atoms with Gasteiger partial charge in [0.1, 0.15) is 17.2 Å². The number of hydrogen-bond acceptors (Lipinski definition) is 2. The minimum absolute atomic E-state index is 0.613. The van der Waals surface area contributed by atoms with Crippen LogP contribution in [0.5, 0.6) is 0 Å². The molecule has 0 saturated carbocycles. The maximum absolute atomic E-state index is 10.9. The Morgan fingerprint density at radius 2 is 2.36 bits per heavy atom. The lowest BCUT2D eigenvalue weighted by Gasteiger charge is -1.96. The number of aldehydes is 1. The van der Waals surface area contributed by atoms with Crippen molar-refractivity contribution in [3.8, 4) is 11.3 Å². The molecular weight excluding hydrogens is 178 g/mol. The SMILES string of the molecule is Cc1nc(-c2cc[nH]c2)c(C=O)n1C. The van der Waals surface area contributed by atoms with Gasteiger partial charge >= 0.3 is 0 Å². The summed E-state index contributed by atoms with van der Waals surface area (Å²) in [5.41, 5.74) is 2.29. The molecule has 0 atom stereocenters. The summed E-state index contributed by atoms with van der Waals surface area (Å²) in [5, 5.41) is 0. The van der Waals surface area contributed by atoms with Crippen LogP contribution < -0.4 is 0 Å². The van der Waals surface area contributed by atoms with E-state index in [0.29, 0.717) is 5.69 Å². The molecule has 14 heavy (non-hydrogen) atoms. The van der Waals surface area contributed by atoms with Crippen LogP contribution in [0.2, 0.25) is 0 Å². The van der Waals surface area contributed by atoms with Crippen LogP contribution in [-0.2, 0) is 7.05 Å². The van der Waals surface area contributed by atoms with Crippen LogP contribution in [0.3, 0.4) is 0 Å². The van der Waals surface area contributed by atoms with Crippen LogP contribution in [0.25, 0.3) is 11.3 Å². The molecule has 2 heterocycles. The maximum Gasteiger partial charge on any atom is 0.168 e. The lowest BCUT2D eigenvalue weighted by Crippen LogP contribution is -1.97. The van der Waals surface area contributed by atoms with Crippen molar-refractivity contribution in [2.45, 2.75) is 6.92 Å². The summed E-state index contributed by atoms with van der Waals surface area (Å²) in [6, 6.07) is 1.90. The molecule has 0 spiro atoms. The number of rotatable bonds is 2. The quantitative estimate of drug-likeness (QED) is 0.728. The molecule has 0 aromatic carbocycles. The second-order valence-corrected chi connectivity index (χ2v) is 3.17.